The van der Waals surface area contributed by atoms with E-state index >= 15 is 0 Å². The van der Waals surface area contributed by atoms with E-state index in [2.05, 4.69) is 49.2 Å². The second kappa shape index (κ2) is 7.14. The molecule has 0 spiro atoms. The molecule has 2 rings (SSSR count). The molecule has 1 saturated heterocycles. The van der Waals surface area contributed by atoms with Crippen LogP contribution in [0.4, 0.5) is 5.69 Å². The van der Waals surface area contributed by atoms with Gasteiger partial charge in [0, 0.05) is 45.4 Å². The fourth-order valence-electron chi connectivity index (χ4n) is 2.42. The van der Waals surface area contributed by atoms with Crippen LogP contribution in [0.25, 0.3) is 0 Å². The van der Waals surface area contributed by atoms with Gasteiger partial charge < -0.3 is 19.7 Å². The largest absolute Gasteiger partial charge is 0.493 e. The highest BCUT2D eigenvalue weighted by Crippen LogP contribution is 2.25. The summed E-state index contributed by atoms with van der Waals surface area (Å²) in [6.07, 6.45) is 0.877. The van der Waals surface area contributed by atoms with Crippen LogP contribution in [0.1, 0.15) is 25.8 Å². The number of hydrogen-bond donors (Lipinski definition) is 1. The van der Waals surface area contributed by atoms with E-state index < -0.39 is 0 Å². The molecule has 0 aliphatic carbocycles. The van der Waals surface area contributed by atoms with Crippen LogP contribution in [0.3, 0.4) is 0 Å². The molecule has 21 heavy (non-hydrogen) atoms. The Hall–Kier alpha value is -1.26. The zero-order valence-electron chi connectivity index (χ0n) is 13.7. The summed E-state index contributed by atoms with van der Waals surface area (Å²) in [5.74, 6) is 0.973. The van der Waals surface area contributed by atoms with Crippen LogP contribution in [0.15, 0.2) is 18.2 Å². The number of ether oxygens (including phenoxy) is 2. The molecule has 118 valence electrons. The molecule has 1 fully saturated rings. The van der Waals surface area contributed by atoms with E-state index in [9.17, 15) is 0 Å². The predicted octanol–water partition coefficient (Wildman–Crippen LogP) is 2.60. The Morgan fingerprint density at radius 1 is 1.24 bits per heavy atom. The molecule has 1 aliphatic heterocycles. The maximum absolute atomic E-state index is 5.91. The number of benzene rings is 1. The lowest BCUT2D eigenvalue weighted by molar-refractivity contribution is 0.00540. The van der Waals surface area contributed by atoms with Gasteiger partial charge >= 0.3 is 0 Å². The molecule has 1 aliphatic rings. The second-order valence-corrected chi connectivity index (χ2v) is 6.25. The first-order valence-electron chi connectivity index (χ1n) is 7.76. The number of nitrogens with one attached hydrogen (secondary N) is 1. The van der Waals surface area contributed by atoms with Crippen molar-refractivity contribution >= 4 is 5.69 Å². The standard InChI is InChI=1S/C17H28N2O2/c1-14-13-15(19-10-8-18-9-11-19)5-6-16(14)21-12-7-17(2,3)20-4/h5-6,13,18H,7-12H2,1-4H3. The lowest BCUT2D eigenvalue weighted by atomic mass is 10.1. The summed E-state index contributed by atoms with van der Waals surface area (Å²) in [5.41, 5.74) is 2.36. The first-order chi connectivity index (χ1) is 10.0. The SMILES string of the molecule is COC(C)(C)CCOc1ccc(N2CCNCC2)cc1C. The van der Waals surface area contributed by atoms with Gasteiger partial charge in [-0.3, -0.25) is 0 Å². The fourth-order valence-corrected chi connectivity index (χ4v) is 2.42. The van der Waals surface area contributed by atoms with Crippen molar-refractivity contribution in [3.05, 3.63) is 23.8 Å². The summed E-state index contributed by atoms with van der Waals surface area (Å²) in [7, 11) is 1.74. The Morgan fingerprint density at radius 3 is 2.57 bits per heavy atom. The van der Waals surface area contributed by atoms with Gasteiger partial charge in [-0.2, -0.15) is 0 Å². The predicted molar refractivity (Wildman–Crippen MR) is 87.5 cm³/mol. The lowest BCUT2D eigenvalue weighted by Crippen LogP contribution is -2.43. The van der Waals surface area contributed by atoms with Crippen molar-refractivity contribution < 1.29 is 9.47 Å². The zero-order chi connectivity index (χ0) is 15.3. The van der Waals surface area contributed by atoms with Gasteiger partial charge in [0.05, 0.1) is 12.2 Å². The van der Waals surface area contributed by atoms with Gasteiger partial charge in [0.2, 0.25) is 0 Å². The van der Waals surface area contributed by atoms with E-state index in [1.165, 1.54) is 11.3 Å². The first-order valence-corrected chi connectivity index (χ1v) is 7.76. The minimum absolute atomic E-state index is 0.130. The summed E-state index contributed by atoms with van der Waals surface area (Å²) in [6, 6.07) is 6.48. The van der Waals surface area contributed by atoms with Crippen LogP contribution in [-0.2, 0) is 4.74 Å². The van der Waals surface area contributed by atoms with Crippen molar-refractivity contribution in [1.82, 2.24) is 5.32 Å². The van der Waals surface area contributed by atoms with Gasteiger partial charge in [0.1, 0.15) is 5.75 Å². The number of anilines is 1. The smallest absolute Gasteiger partial charge is 0.122 e. The van der Waals surface area contributed by atoms with Crippen LogP contribution in [0, 0.1) is 6.92 Å². The summed E-state index contributed by atoms with van der Waals surface area (Å²) in [4.78, 5) is 2.42. The highest BCUT2D eigenvalue weighted by atomic mass is 16.5. The normalized spacial score (nSPS) is 16.1. The molecule has 4 nitrogen and oxygen atoms in total. The molecule has 0 amide bonds. The third-order valence-electron chi connectivity index (χ3n) is 4.15. The molecular formula is C17H28N2O2. The third-order valence-corrected chi connectivity index (χ3v) is 4.15. The molecule has 1 aromatic rings. The van der Waals surface area contributed by atoms with Crippen molar-refractivity contribution in [3.8, 4) is 5.75 Å². The molecule has 0 atom stereocenters. The summed E-state index contributed by atoms with van der Waals surface area (Å²) < 4.78 is 11.3. The molecule has 1 aromatic carbocycles. The Morgan fingerprint density at radius 2 is 1.95 bits per heavy atom. The van der Waals surface area contributed by atoms with E-state index in [0.717, 1.165) is 38.3 Å². The van der Waals surface area contributed by atoms with Crippen LogP contribution in [0.2, 0.25) is 0 Å². The van der Waals surface area contributed by atoms with Gasteiger partial charge in [-0.05, 0) is 44.5 Å². The molecule has 0 aromatic heterocycles. The number of nitrogens with zero attached hydrogens (tertiary/aromatic N) is 1. The molecule has 1 heterocycles. The average molecular weight is 292 g/mol. The Kier molecular flexibility index (Phi) is 5.48. The first kappa shape index (κ1) is 16.1. The number of rotatable bonds is 6. The Labute approximate surface area is 128 Å². The molecule has 4 heteroatoms. The van der Waals surface area contributed by atoms with E-state index in [0.29, 0.717) is 6.61 Å². The topological polar surface area (TPSA) is 33.7 Å². The second-order valence-electron chi connectivity index (χ2n) is 6.25. The summed E-state index contributed by atoms with van der Waals surface area (Å²) in [5, 5.41) is 3.38. The molecule has 0 radical (unpaired) electrons. The molecule has 0 saturated carbocycles. The molecule has 0 bridgehead atoms. The van der Waals surface area contributed by atoms with Gasteiger partial charge in [-0.15, -0.1) is 0 Å². The Bertz CT molecular complexity index is 454. The summed E-state index contributed by atoms with van der Waals surface area (Å²) in [6.45, 7) is 11.2. The minimum atomic E-state index is -0.130. The maximum atomic E-state index is 5.91. The lowest BCUT2D eigenvalue weighted by Gasteiger charge is -2.30. The highest BCUT2D eigenvalue weighted by molar-refractivity contribution is 5.53. The van der Waals surface area contributed by atoms with E-state index in [1.54, 1.807) is 7.11 Å². The Balaban J connectivity index is 1.92. The number of hydrogen-bond acceptors (Lipinski definition) is 4. The van der Waals surface area contributed by atoms with Gasteiger partial charge in [0.15, 0.2) is 0 Å². The maximum Gasteiger partial charge on any atom is 0.122 e. The van der Waals surface area contributed by atoms with Crippen molar-refractivity contribution in [1.29, 1.82) is 0 Å². The van der Waals surface area contributed by atoms with Crippen molar-refractivity contribution in [2.75, 3.05) is 44.8 Å². The van der Waals surface area contributed by atoms with Crippen LogP contribution in [-0.4, -0.2) is 45.5 Å². The van der Waals surface area contributed by atoms with E-state index in [1.807, 2.05) is 0 Å². The van der Waals surface area contributed by atoms with Crippen LogP contribution in [0.5, 0.6) is 5.75 Å². The van der Waals surface area contributed by atoms with Crippen molar-refractivity contribution in [2.24, 2.45) is 0 Å². The van der Waals surface area contributed by atoms with Gasteiger partial charge in [-0.25, -0.2) is 0 Å². The number of aryl methyl sites for hydroxylation is 1. The number of methoxy groups -OCH3 is 1. The molecular weight excluding hydrogens is 264 g/mol. The minimum Gasteiger partial charge on any atom is -0.493 e. The average Bonchev–Trinajstić information content (AvgIpc) is 2.49. The quantitative estimate of drug-likeness (QED) is 0.874. The molecule has 0 unspecified atom stereocenters. The summed E-state index contributed by atoms with van der Waals surface area (Å²) >= 11 is 0. The molecule has 1 N–H and O–H groups in total. The van der Waals surface area contributed by atoms with Crippen LogP contribution >= 0.6 is 0 Å². The van der Waals surface area contributed by atoms with E-state index in [-0.39, 0.29) is 5.60 Å². The fraction of sp³-hybridized carbons (Fsp3) is 0.647. The van der Waals surface area contributed by atoms with Gasteiger partial charge in [0.25, 0.3) is 0 Å². The van der Waals surface area contributed by atoms with Gasteiger partial charge in [-0.1, -0.05) is 0 Å². The third kappa shape index (κ3) is 4.61. The monoisotopic (exact) mass is 292 g/mol. The van der Waals surface area contributed by atoms with Crippen molar-refractivity contribution in [3.63, 3.8) is 0 Å². The van der Waals surface area contributed by atoms with E-state index in [4.69, 9.17) is 9.47 Å². The zero-order valence-corrected chi connectivity index (χ0v) is 13.7. The highest BCUT2D eigenvalue weighted by Gasteiger charge is 2.16. The van der Waals surface area contributed by atoms with Crippen LogP contribution < -0.4 is 15.0 Å². The van der Waals surface area contributed by atoms with Crippen molar-refractivity contribution in [2.45, 2.75) is 32.8 Å². The number of piperazine rings is 1.